The smallest absolute Gasteiger partial charge is 0.122 e. The van der Waals surface area contributed by atoms with Crippen LogP contribution < -0.4 is 9.47 Å². The van der Waals surface area contributed by atoms with Gasteiger partial charge in [0.05, 0.1) is 19.3 Å². The molecule has 0 radical (unpaired) electrons. The average Bonchev–Trinajstić information content (AvgIpc) is 2.71. The topological polar surface area (TPSA) is 41.9 Å². The third kappa shape index (κ3) is 3.16. The fraction of sp³-hybridized carbons (Fsp3) is 0.647. The lowest BCUT2D eigenvalue weighted by Crippen LogP contribution is -2.49. The number of aliphatic hydroxyl groups is 1. The van der Waals surface area contributed by atoms with Crippen molar-refractivity contribution in [2.75, 3.05) is 20.8 Å². The van der Waals surface area contributed by atoms with Gasteiger partial charge in [-0.1, -0.05) is 6.07 Å². The van der Waals surface area contributed by atoms with Gasteiger partial charge in [0.15, 0.2) is 0 Å². The highest BCUT2D eigenvalue weighted by molar-refractivity contribution is 5.32. The van der Waals surface area contributed by atoms with Gasteiger partial charge in [-0.3, -0.25) is 0 Å². The molecule has 2 heterocycles. The lowest BCUT2D eigenvalue weighted by molar-refractivity contribution is -0.0563. The minimum Gasteiger partial charge on any atom is -0.497 e. The highest BCUT2D eigenvalue weighted by Gasteiger charge is 2.45. The molecule has 2 bridgehead atoms. The number of ether oxygens (including phenoxy) is 2. The van der Waals surface area contributed by atoms with E-state index in [0.717, 1.165) is 24.3 Å². The molecule has 0 saturated carbocycles. The van der Waals surface area contributed by atoms with E-state index in [1.165, 1.54) is 12.8 Å². The quantitative estimate of drug-likeness (QED) is 0.905. The first-order valence-corrected chi connectivity index (χ1v) is 7.81. The summed E-state index contributed by atoms with van der Waals surface area (Å²) < 4.78 is 11.0. The molecule has 2 fully saturated rings. The fourth-order valence-corrected chi connectivity index (χ4v) is 3.80. The van der Waals surface area contributed by atoms with Crippen LogP contribution in [0, 0.1) is 0 Å². The first-order chi connectivity index (χ1) is 10.1. The molecule has 0 aliphatic carbocycles. The first-order valence-electron chi connectivity index (χ1n) is 7.81. The Kier molecular flexibility index (Phi) is 4.09. The van der Waals surface area contributed by atoms with Gasteiger partial charge >= 0.3 is 0 Å². The molecule has 2 unspecified atom stereocenters. The van der Waals surface area contributed by atoms with Crippen molar-refractivity contribution in [1.82, 2.24) is 4.90 Å². The molecule has 2 aliphatic rings. The Balaban J connectivity index is 1.53. The van der Waals surface area contributed by atoms with Gasteiger partial charge < -0.3 is 19.5 Å². The molecule has 21 heavy (non-hydrogen) atoms. The minimum atomic E-state index is -0.558. The molecular formula is C17H25NO3. The van der Waals surface area contributed by atoms with Crippen LogP contribution >= 0.6 is 0 Å². The largest absolute Gasteiger partial charge is 0.497 e. The second-order valence-corrected chi connectivity index (χ2v) is 6.46. The maximum atomic E-state index is 10.8. The molecule has 0 aromatic heterocycles. The summed E-state index contributed by atoms with van der Waals surface area (Å²) in [5.74, 6) is 1.59. The monoisotopic (exact) mass is 291 g/mol. The maximum absolute atomic E-state index is 10.8. The van der Waals surface area contributed by atoms with E-state index >= 15 is 0 Å². The van der Waals surface area contributed by atoms with Crippen LogP contribution in [0.2, 0.25) is 0 Å². The Morgan fingerprint density at radius 1 is 1.24 bits per heavy atom. The molecule has 2 aliphatic heterocycles. The van der Waals surface area contributed by atoms with E-state index in [9.17, 15) is 5.11 Å². The molecule has 1 aromatic rings. The van der Waals surface area contributed by atoms with Crippen molar-refractivity contribution in [1.29, 1.82) is 0 Å². The average molecular weight is 291 g/mol. The summed E-state index contributed by atoms with van der Waals surface area (Å²) in [6.07, 6.45) is 4.90. The Bertz CT molecular complexity index is 477. The Morgan fingerprint density at radius 3 is 2.57 bits per heavy atom. The fourth-order valence-electron chi connectivity index (χ4n) is 3.80. The number of hydrogen-bond acceptors (Lipinski definition) is 4. The number of fused-ring (bicyclic) bond motifs is 2. The number of benzene rings is 1. The Labute approximate surface area is 126 Å². The van der Waals surface area contributed by atoms with Crippen LogP contribution in [-0.4, -0.2) is 48.5 Å². The molecule has 1 aromatic carbocycles. The molecule has 3 rings (SSSR count). The van der Waals surface area contributed by atoms with Gasteiger partial charge in [-0.2, -0.15) is 0 Å². The van der Waals surface area contributed by atoms with Crippen molar-refractivity contribution in [3.8, 4) is 11.5 Å². The summed E-state index contributed by atoms with van der Waals surface area (Å²) >= 11 is 0. The van der Waals surface area contributed by atoms with Crippen molar-refractivity contribution >= 4 is 0 Å². The molecule has 2 atom stereocenters. The predicted octanol–water partition coefficient (Wildman–Crippen LogP) is 2.45. The zero-order valence-electron chi connectivity index (χ0n) is 12.9. The highest BCUT2D eigenvalue weighted by atomic mass is 16.5. The third-order valence-electron chi connectivity index (χ3n) is 5.09. The van der Waals surface area contributed by atoms with Crippen LogP contribution in [0.25, 0.3) is 0 Å². The van der Waals surface area contributed by atoms with Crippen molar-refractivity contribution in [2.45, 2.75) is 49.8 Å². The predicted molar refractivity (Wildman–Crippen MR) is 81.9 cm³/mol. The standard InChI is InChI=1S/C17H25NO3/c1-18-13-6-7-14(18)12-17(19,11-13)8-9-21-16-5-3-4-15(10-16)20-2/h3-5,10,13-14,19H,6-9,11-12H2,1-2H3. The normalized spacial score (nSPS) is 32.1. The van der Waals surface area contributed by atoms with Gasteiger partial charge in [-0.25, -0.2) is 0 Å². The summed E-state index contributed by atoms with van der Waals surface area (Å²) in [5.41, 5.74) is -0.558. The van der Waals surface area contributed by atoms with E-state index in [-0.39, 0.29) is 0 Å². The van der Waals surface area contributed by atoms with Crippen LogP contribution in [0.15, 0.2) is 24.3 Å². The van der Waals surface area contributed by atoms with Crippen LogP contribution in [0.4, 0.5) is 0 Å². The molecule has 2 saturated heterocycles. The van der Waals surface area contributed by atoms with Gasteiger partial charge in [0.1, 0.15) is 11.5 Å². The zero-order valence-corrected chi connectivity index (χ0v) is 12.9. The van der Waals surface area contributed by atoms with Gasteiger partial charge in [-0.15, -0.1) is 0 Å². The Hall–Kier alpha value is -1.26. The Morgan fingerprint density at radius 2 is 1.90 bits per heavy atom. The van der Waals surface area contributed by atoms with Gasteiger partial charge in [0, 0.05) is 24.6 Å². The maximum Gasteiger partial charge on any atom is 0.122 e. The second-order valence-electron chi connectivity index (χ2n) is 6.46. The first kappa shape index (κ1) is 14.7. The number of methoxy groups -OCH3 is 1. The van der Waals surface area contributed by atoms with Gasteiger partial charge in [0.2, 0.25) is 0 Å². The summed E-state index contributed by atoms with van der Waals surface area (Å²) in [7, 11) is 3.84. The second kappa shape index (κ2) is 5.85. The molecule has 4 nitrogen and oxygen atoms in total. The number of hydrogen-bond donors (Lipinski definition) is 1. The molecule has 0 spiro atoms. The lowest BCUT2D eigenvalue weighted by atomic mass is 9.84. The summed E-state index contributed by atoms with van der Waals surface area (Å²) in [5, 5.41) is 10.8. The molecule has 4 heteroatoms. The van der Waals surface area contributed by atoms with E-state index < -0.39 is 5.60 Å². The summed E-state index contributed by atoms with van der Waals surface area (Å²) in [6.45, 7) is 0.548. The SMILES string of the molecule is COc1cccc(OCCC2(O)CC3CCC(C2)N3C)c1. The van der Waals surface area contributed by atoms with Crippen LogP contribution in [0.1, 0.15) is 32.1 Å². The van der Waals surface area contributed by atoms with E-state index in [1.807, 2.05) is 24.3 Å². The van der Waals surface area contributed by atoms with Crippen LogP contribution in [-0.2, 0) is 0 Å². The van der Waals surface area contributed by atoms with E-state index in [2.05, 4.69) is 11.9 Å². The van der Waals surface area contributed by atoms with Crippen molar-refractivity contribution in [2.24, 2.45) is 0 Å². The van der Waals surface area contributed by atoms with Crippen molar-refractivity contribution in [3.63, 3.8) is 0 Å². The highest BCUT2D eigenvalue weighted by Crippen LogP contribution is 2.41. The third-order valence-corrected chi connectivity index (χ3v) is 5.09. The molecule has 0 amide bonds. The summed E-state index contributed by atoms with van der Waals surface area (Å²) in [4.78, 5) is 2.44. The number of nitrogens with zero attached hydrogens (tertiary/aromatic N) is 1. The van der Waals surface area contributed by atoms with E-state index in [1.54, 1.807) is 7.11 Å². The van der Waals surface area contributed by atoms with Crippen molar-refractivity contribution < 1.29 is 14.6 Å². The summed E-state index contributed by atoms with van der Waals surface area (Å²) in [6, 6.07) is 8.71. The lowest BCUT2D eigenvalue weighted by Gasteiger charge is -2.42. The number of rotatable bonds is 5. The van der Waals surface area contributed by atoms with E-state index in [0.29, 0.717) is 25.1 Å². The minimum absolute atomic E-state index is 0.547. The van der Waals surface area contributed by atoms with Gasteiger partial charge in [-0.05, 0) is 44.9 Å². The zero-order chi connectivity index (χ0) is 14.9. The number of piperidine rings is 1. The van der Waals surface area contributed by atoms with Crippen LogP contribution in [0.5, 0.6) is 11.5 Å². The molecule has 116 valence electrons. The van der Waals surface area contributed by atoms with Crippen LogP contribution in [0.3, 0.4) is 0 Å². The van der Waals surface area contributed by atoms with E-state index in [4.69, 9.17) is 9.47 Å². The molecular weight excluding hydrogens is 266 g/mol. The van der Waals surface area contributed by atoms with Crippen molar-refractivity contribution in [3.05, 3.63) is 24.3 Å². The molecule has 1 N–H and O–H groups in total. The van der Waals surface area contributed by atoms with Gasteiger partial charge in [0.25, 0.3) is 0 Å².